The lowest BCUT2D eigenvalue weighted by atomic mass is 9.75. The maximum absolute atomic E-state index is 2.67. The predicted molar refractivity (Wildman–Crippen MR) is 121 cm³/mol. The standard InChI is InChI=1S/C27H44/c1-4-6-9-13-23(3)25-19-21-27(22-20-25)26(17-7-5-2)18-12-16-24-14-10-8-11-15-24/h8,10-11,14-15,21,23,25-26H,4-7,9,12-13,16-20,22H2,1-3H3. The molecule has 0 aromatic heterocycles. The van der Waals surface area contributed by atoms with E-state index in [0.29, 0.717) is 0 Å². The van der Waals surface area contributed by atoms with Crippen molar-refractivity contribution in [2.24, 2.45) is 17.8 Å². The van der Waals surface area contributed by atoms with Crippen LogP contribution >= 0.6 is 0 Å². The van der Waals surface area contributed by atoms with E-state index in [1.54, 1.807) is 0 Å². The minimum atomic E-state index is 0.852. The Kier molecular flexibility index (Phi) is 10.9. The van der Waals surface area contributed by atoms with Crippen molar-refractivity contribution in [2.75, 3.05) is 0 Å². The molecule has 3 atom stereocenters. The molecule has 0 heteroatoms. The first kappa shape index (κ1) is 22.3. The van der Waals surface area contributed by atoms with Gasteiger partial charge in [-0.25, -0.2) is 0 Å². The maximum atomic E-state index is 2.67. The number of aryl methyl sites for hydroxylation is 1. The third-order valence-electron chi connectivity index (χ3n) is 6.85. The van der Waals surface area contributed by atoms with Crippen LogP contribution in [0.5, 0.6) is 0 Å². The number of allylic oxidation sites excluding steroid dienone is 2. The van der Waals surface area contributed by atoms with Gasteiger partial charge in [0.2, 0.25) is 0 Å². The molecular weight excluding hydrogens is 324 g/mol. The van der Waals surface area contributed by atoms with E-state index in [-0.39, 0.29) is 0 Å². The van der Waals surface area contributed by atoms with Gasteiger partial charge in [0.1, 0.15) is 0 Å². The molecule has 0 saturated carbocycles. The van der Waals surface area contributed by atoms with Gasteiger partial charge in [-0.2, -0.15) is 0 Å². The monoisotopic (exact) mass is 368 g/mol. The summed E-state index contributed by atoms with van der Waals surface area (Å²) >= 11 is 0. The van der Waals surface area contributed by atoms with E-state index in [9.17, 15) is 0 Å². The normalized spacial score (nSPS) is 19.5. The topological polar surface area (TPSA) is 0 Å². The van der Waals surface area contributed by atoms with Gasteiger partial charge in [-0.3, -0.25) is 0 Å². The second-order valence-corrected chi connectivity index (χ2v) is 9.00. The summed E-state index contributed by atoms with van der Waals surface area (Å²) in [5.74, 6) is 2.72. The fourth-order valence-electron chi connectivity index (χ4n) is 4.88. The Morgan fingerprint density at radius 2 is 1.63 bits per heavy atom. The summed E-state index contributed by atoms with van der Waals surface area (Å²) in [5, 5.41) is 0. The molecule has 1 aromatic rings. The molecule has 0 aliphatic heterocycles. The molecule has 0 saturated heterocycles. The number of benzene rings is 1. The molecule has 0 heterocycles. The van der Waals surface area contributed by atoms with Crippen LogP contribution in [0.4, 0.5) is 0 Å². The lowest BCUT2D eigenvalue weighted by Gasteiger charge is -2.31. The zero-order chi connectivity index (χ0) is 19.3. The molecule has 1 aromatic carbocycles. The van der Waals surface area contributed by atoms with Crippen molar-refractivity contribution in [3.63, 3.8) is 0 Å². The first-order valence-corrected chi connectivity index (χ1v) is 12.0. The summed E-state index contributed by atoms with van der Waals surface area (Å²) in [4.78, 5) is 0. The van der Waals surface area contributed by atoms with Crippen molar-refractivity contribution in [1.29, 1.82) is 0 Å². The Labute approximate surface area is 169 Å². The Bertz CT molecular complexity index is 512. The van der Waals surface area contributed by atoms with Crippen LogP contribution in [0.15, 0.2) is 42.0 Å². The smallest absolute Gasteiger partial charge is 0.0203 e. The molecule has 152 valence electrons. The zero-order valence-corrected chi connectivity index (χ0v) is 18.4. The van der Waals surface area contributed by atoms with Crippen LogP contribution in [-0.2, 0) is 6.42 Å². The van der Waals surface area contributed by atoms with Crippen molar-refractivity contribution in [3.8, 4) is 0 Å². The average Bonchev–Trinajstić information content (AvgIpc) is 2.71. The largest absolute Gasteiger partial charge is 0.0848 e. The molecule has 0 N–H and O–H groups in total. The lowest BCUT2D eigenvalue weighted by Crippen LogP contribution is -2.17. The molecule has 0 radical (unpaired) electrons. The van der Waals surface area contributed by atoms with Gasteiger partial charge in [-0.1, -0.05) is 101 Å². The van der Waals surface area contributed by atoms with Crippen LogP contribution < -0.4 is 0 Å². The van der Waals surface area contributed by atoms with Gasteiger partial charge in [-0.05, 0) is 68.3 Å². The summed E-state index contributed by atoms with van der Waals surface area (Å²) in [7, 11) is 0. The van der Waals surface area contributed by atoms with Gasteiger partial charge < -0.3 is 0 Å². The molecule has 1 aliphatic carbocycles. The van der Waals surface area contributed by atoms with E-state index in [0.717, 1.165) is 17.8 Å². The summed E-state index contributed by atoms with van der Waals surface area (Å²) in [6.45, 7) is 7.16. The average molecular weight is 369 g/mol. The molecule has 3 unspecified atom stereocenters. The highest BCUT2D eigenvalue weighted by molar-refractivity contribution is 5.15. The molecule has 1 aliphatic rings. The molecule has 0 spiro atoms. The minimum absolute atomic E-state index is 0.852. The third kappa shape index (κ3) is 8.24. The molecule has 0 amide bonds. The van der Waals surface area contributed by atoms with Crippen LogP contribution in [0.2, 0.25) is 0 Å². The van der Waals surface area contributed by atoms with Gasteiger partial charge in [0.15, 0.2) is 0 Å². The van der Waals surface area contributed by atoms with Gasteiger partial charge in [0, 0.05) is 0 Å². The highest BCUT2D eigenvalue weighted by atomic mass is 14.3. The fourth-order valence-corrected chi connectivity index (χ4v) is 4.88. The maximum Gasteiger partial charge on any atom is -0.0203 e. The number of hydrogen-bond donors (Lipinski definition) is 0. The van der Waals surface area contributed by atoms with E-state index in [1.807, 2.05) is 5.57 Å². The van der Waals surface area contributed by atoms with Crippen LogP contribution in [0.3, 0.4) is 0 Å². The molecule has 0 fully saturated rings. The zero-order valence-electron chi connectivity index (χ0n) is 18.4. The molecule has 0 bridgehead atoms. The van der Waals surface area contributed by atoms with Crippen molar-refractivity contribution in [3.05, 3.63) is 47.5 Å². The Balaban J connectivity index is 1.82. The van der Waals surface area contributed by atoms with Crippen LogP contribution in [0.1, 0.15) is 103 Å². The summed E-state index contributed by atoms with van der Waals surface area (Å²) < 4.78 is 0. The first-order chi connectivity index (χ1) is 13.2. The number of hydrogen-bond acceptors (Lipinski definition) is 0. The van der Waals surface area contributed by atoms with Crippen molar-refractivity contribution in [1.82, 2.24) is 0 Å². The molecule has 0 nitrogen and oxygen atoms in total. The minimum Gasteiger partial charge on any atom is -0.0848 e. The fraction of sp³-hybridized carbons (Fsp3) is 0.704. The highest BCUT2D eigenvalue weighted by Crippen LogP contribution is 2.37. The van der Waals surface area contributed by atoms with E-state index in [1.165, 1.54) is 89.0 Å². The third-order valence-corrected chi connectivity index (χ3v) is 6.85. The second-order valence-electron chi connectivity index (χ2n) is 9.00. The van der Waals surface area contributed by atoms with Crippen LogP contribution in [0.25, 0.3) is 0 Å². The van der Waals surface area contributed by atoms with E-state index in [4.69, 9.17) is 0 Å². The highest BCUT2D eigenvalue weighted by Gasteiger charge is 2.23. The van der Waals surface area contributed by atoms with E-state index in [2.05, 4.69) is 57.2 Å². The predicted octanol–water partition coefficient (Wildman–Crippen LogP) is 8.76. The van der Waals surface area contributed by atoms with Gasteiger partial charge in [-0.15, -0.1) is 0 Å². The lowest BCUT2D eigenvalue weighted by molar-refractivity contribution is 0.293. The quantitative estimate of drug-likeness (QED) is 0.241. The van der Waals surface area contributed by atoms with Crippen molar-refractivity contribution >= 4 is 0 Å². The van der Waals surface area contributed by atoms with Crippen LogP contribution in [0, 0.1) is 17.8 Å². The molecule has 2 rings (SSSR count). The summed E-state index contributed by atoms with van der Waals surface area (Å²) in [6.07, 6.45) is 20.6. The SMILES string of the molecule is CCCCCC(C)C1CC=C(C(CCCC)CCCc2ccccc2)CC1. The van der Waals surface area contributed by atoms with E-state index >= 15 is 0 Å². The van der Waals surface area contributed by atoms with Crippen molar-refractivity contribution < 1.29 is 0 Å². The summed E-state index contributed by atoms with van der Waals surface area (Å²) in [5.41, 5.74) is 3.32. The van der Waals surface area contributed by atoms with Crippen molar-refractivity contribution in [2.45, 2.75) is 104 Å². The van der Waals surface area contributed by atoms with Gasteiger partial charge in [0.05, 0.1) is 0 Å². The van der Waals surface area contributed by atoms with Gasteiger partial charge >= 0.3 is 0 Å². The number of unbranched alkanes of at least 4 members (excludes halogenated alkanes) is 3. The van der Waals surface area contributed by atoms with Crippen LogP contribution in [-0.4, -0.2) is 0 Å². The Hall–Kier alpha value is -1.04. The second kappa shape index (κ2) is 13.2. The Morgan fingerprint density at radius 3 is 2.30 bits per heavy atom. The number of rotatable bonds is 13. The van der Waals surface area contributed by atoms with Gasteiger partial charge in [0.25, 0.3) is 0 Å². The molecular formula is C27H44. The Morgan fingerprint density at radius 1 is 0.889 bits per heavy atom. The molecule has 27 heavy (non-hydrogen) atoms. The first-order valence-electron chi connectivity index (χ1n) is 12.0. The van der Waals surface area contributed by atoms with E-state index < -0.39 is 0 Å². The summed E-state index contributed by atoms with van der Waals surface area (Å²) in [6, 6.07) is 11.0.